The number of nitrogens with zero attached hydrogens (tertiary/aromatic N) is 3. The summed E-state index contributed by atoms with van der Waals surface area (Å²) in [6.45, 7) is 4.85. The molecule has 0 amide bonds. The van der Waals surface area contributed by atoms with E-state index in [9.17, 15) is 9.90 Å². The molecule has 2 heterocycles. The molecule has 0 saturated carbocycles. The fourth-order valence-electron chi connectivity index (χ4n) is 3.40. The van der Waals surface area contributed by atoms with Gasteiger partial charge in [-0.15, -0.1) is 0 Å². The van der Waals surface area contributed by atoms with Gasteiger partial charge in [-0.3, -0.25) is 0 Å². The van der Waals surface area contributed by atoms with Gasteiger partial charge in [-0.25, -0.2) is 9.79 Å². The van der Waals surface area contributed by atoms with E-state index in [1.54, 1.807) is 11.8 Å². The normalized spacial score (nSPS) is 23.2. The lowest BCUT2D eigenvalue weighted by Crippen LogP contribution is -2.43. The molecule has 2 aliphatic heterocycles. The van der Waals surface area contributed by atoms with Gasteiger partial charge >= 0.3 is 5.97 Å². The van der Waals surface area contributed by atoms with Crippen LogP contribution in [-0.2, 0) is 4.79 Å². The number of carbonyl (C=O) groups is 1. The number of aliphatic imine (C=N–C) groups is 1. The van der Waals surface area contributed by atoms with E-state index in [1.807, 2.05) is 50.2 Å². The first kappa shape index (κ1) is 17.9. The van der Waals surface area contributed by atoms with Gasteiger partial charge in [0.15, 0.2) is 5.17 Å². The standard InChI is InChI=1S/C19H25N3O2S/c1-5-15-10-11-22-17(13-6-8-14(9-7-13)21(3)4)16(18(23)24)12(2)20-19(22)25-15/h6-9,15,17H,5,10-11H2,1-4H3,(H,23,24). The molecule has 5 nitrogen and oxygen atoms in total. The molecular weight excluding hydrogens is 334 g/mol. The maximum Gasteiger partial charge on any atom is 0.335 e. The van der Waals surface area contributed by atoms with Crippen LogP contribution in [0.15, 0.2) is 40.5 Å². The van der Waals surface area contributed by atoms with Crippen LogP contribution in [0.1, 0.15) is 38.3 Å². The first-order valence-electron chi connectivity index (χ1n) is 8.65. The Bertz CT molecular complexity index is 725. The maximum atomic E-state index is 11.9. The molecule has 2 unspecified atom stereocenters. The summed E-state index contributed by atoms with van der Waals surface area (Å²) in [5.41, 5.74) is 3.11. The smallest absolute Gasteiger partial charge is 0.335 e. The van der Waals surface area contributed by atoms with Gasteiger partial charge in [0.1, 0.15) is 0 Å². The molecule has 1 saturated heterocycles. The number of hydrogen-bond donors (Lipinski definition) is 1. The zero-order valence-electron chi connectivity index (χ0n) is 15.2. The van der Waals surface area contributed by atoms with Gasteiger partial charge < -0.3 is 14.9 Å². The number of aliphatic carboxylic acids is 1. The van der Waals surface area contributed by atoms with Crippen molar-refractivity contribution in [1.82, 2.24) is 4.90 Å². The monoisotopic (exact) mass is 359 g/mol. The van der Waals surface area contributed by atoms with Crippen molar-refractivity contribution in [3.05, 3.63) is 41.1 Å². The van der Waals surface area contributed by atoms with Crippen molar-refractivity contribution in [1.29, 1.82) is 0 Å². The lowest BCUT2D eigenvalue weighted by Gasteiger charge is -2.42. The zero-order valence-corrected chi connectivity index (χ0v) is 16.0. The Morgan fingerprint density at radius 2 is 2.04 bits per heavy atom. The van der Waals surface area contributed by atoms with Crippen LogP contribution < -0.4 is 4.90 Å². The van der Waals surface area contributed by atoms with Crippen LogP contribution in [0.4, 0.5) is 5.69 Å². The molecule has 1 fully saturated rings. The van der Waals surface area contributed by atoms with Crippen molar-refractivity contribution in [3.8, 4) is 0 Å². The Morgan fingerprint density at radius 1 is 1.36 bits per heavy atom. The molecule has 1 aromatic carbocycles. The summed E-state index contributed by atoms with van der Waals surface area (Å²) in [6, 6.07) is 7.89. The molecule has 2 atom stereocenters. The van der Waals surface area contributed by atoms with Gasteiger partial charge in [0, 0.05) is 31.6 Å². The summed E-state index contributed by atoms with van der Waals surface area (Å²) in [7, 11) is 4.00. The number of thioether (sulfide) groups is 1. The number of allylic oxidation sites excluding steroid dienone is 1. The van der Waals surface area contributed by atoms with E-state index in [0.717, 1.165) is 35.8 Å². The van der Waals surface area contributed by atoms with E-state index in [4.69, 9.17) is 0 Å². The number of carboxylic acid groups (broad SMARTS) is 1. The summed E-state index contributed by atoms with van der Waals surface area (Å²) in [5, 5.41) is 11.3. The number of hydrogen-bond acceptors (Lipinski definition) is 5. The third-order valence-corrected chi connectivity index (χ3v) is 6.30. The minimum Gasteiger partial charge on any atom is -0.478 e. The van der Waals surface area contributed by atoms with Gasteiger partial charge in [-0.05, 0) is 37.5 Å². The fraction of sp³-hybridized carbons (Fsp3) is 0.474. The SMILES string of the molecule is CCC1CCN2C(=NC(C)=C(C(=O)O)C2c2ccc(N(C)C)cc2)S1. The molecule has 2 aliphatic rings. The molecule has 3 rings (SSSR count). The Balaban J connectivity index is 2.03. The average molecular weight is 359 g/mol. The van der Waals surface area contributed by atoms with Crippen molar-refractivity contribution in [2.75, 3.05) is 25.5 Å². The lowest BCUT2D eigenvalue weighted by atomic mass is 9.94. The van der Waals surface area contributed by atoms with E-state index in [-0.39, 0.29) is 6.04 Å². The van der Waals surface area contributed by atoms with Crippen molar-refractivity contribution < 1.29 is 9.90 Å². The highest BCUT2D eigenvalue weighted by Crippen LogP contribution is 2.41. The van der Waals surface area contributed by atoms with Crippen molar-refractivity contribution >= 4 is 28.6 Å². The van der Waals surface area contributed by atoms with Gasteiger partial charge in [-0.2, -0.15) is 0 Å². The number of anilines is 1. The van der Waals surface area contributed by atoms with Crippen molar-refractivity contribution in [2.45, 2.75) is 38.0 Å². The molecule has 0 aromatic heterocycles. The number of benzene rings is 1. The molecule has 6 heteroatoms. The second kappa shape index (κ2) is 7.12. The number of fused-ring (bicyclic) bond motifs is 1. The molecule has 0 aliphatic carbocycles. The van der Waals surface area contributed by atoms with E-state index in [2.05, 4.69) is 16.8 Å². The Hall–Kier alpha value is -1.95. The van der Waals surface area contributed by atoms with Crippen LogP contribution in [0.5, 0.6) is 0 Å². The Kier molecular flexibility index (Phi) is 5.08. The van der Waals surface area contributed by atoms with Gasteiger partial charge in [-0.1, -0.05) is 30.8 Å². The minimum absolute atomic E-state index is 0.272. The van der Waals surface area contributed by atoms with Gasteiger partial charge in [0.2, 0.25) is 0 Å². The lowest BCUT2D eigenvalue weighted by molar-refractivity contribution is -0.133. The predicted molar refractivity (Wildman–Crippen MR) is 104 cm³/mol. The molecule has 134 valence electrons. The first-order valence-corrected chi connectivity index (χ1v) is 9.53. The Labute approximate surface area is 153 Å². The van der Waals surface area contributed by atoms with Gasteiger partial charge in [0.25, 0.3) is 0 Å². The van der Waals surface area contributed by atoms with E-state index in [1.165, 1.54) is 0 Å². The molecular formula is C19H25N3O2S. The largest absolute Gasteiger partial charge is 0.478 e. The molecule has 0 bridgehead atoms. The summed E-state index contributed by atoms with van der Waals surface area (Å²) in [6.07, 6.45) is 2.16. The number of carboxylic acids is 1. The van der Waals surface area contributed by atoms with Crippen LogP contribution in [0.2, 0.25) is 0 Å². The molecule has 25 heavy (non-hydrogen) atoms. The first-order chi connectivity index (χ1) is 11.9. The fourth-order valence-corrected chi connectivity index (χ4v) is 4.61. The average Bonchev–Trinajstić information content (AvgIpc) is 2.59. The third kappa shape index (κ3) is 3.40. The molecule has 1 N–H and O–H groups in total. The van der Waals surface area contributed by atoms with Crippen molar-refractivity contribution in [3.63, 3.8) is 0 Å². The number of amidine groups is 1. The summed E-state index contributed by atoms with van der Waals surface area (Å²) >= 11 is 1.78. The van der Waals surface area contributed by atoms with Crippen molar-refractivity contribution in [2.24, 2.45) is 4.99 Å². The van der Waals surface area contributed by atoms with E-state index >= 15 is 0 Å². The van der Waals surface area contributed by atoms with Crippen LogP contribution in [-0.4, -0.2) is 47.0 Å². The molecule has 1 aromatic rings. The van der Waals surface area contributed by atoms with Crippen LogP contribution >= 0.6 is 11.8 Å². The topological polar surface area (TPSA) is 56.1 Å². The number of rotatable bonds is 4. The van der Waals surface area contributed by atoms with E-state index < -0.39 is 5.97 Å². The summed E-state index contributed by atoms with van der Waals surface area (Å²) < 4.78 is 0. The van der Waals surface area contributed by atoms with Crippen LogP contribution in [0, 0.1) is 0 Å². The minimum atomic E-state index is -0.885. The maximum absolute atomic E-state index is 11.9. The van der Waals surface area contributed by atoms with Gasteiger partial charge in [0.05, 0.1) is 17.3 Å². The summed E-state index contributed by atoms with van der Waals surface area (Å²) in [4.78, 5) is 20.8. The predicted octanol–water partition coefficient (Wildman–Crippen LogP) is 3.74. The molecule has 0 spiro atoms. The summed E-state index contributed by atoms with van der Waals surface area (Å²) in [5.74, 6) is -0.885. The van der Waals surface area contributed by atoms with Crippen LogP contribution in [0.25, 0.3) is 0 Å². The Morgan fingerprint density at radius 3 is 2.60 bits per heavy atom. The van der Waals surface area contributed by atoms with E-state index in [0.29, 0.717) is 16.5 Å². The van der Waals surface area contributed by atoms with Crippen LogP contribution in [0.3, 0.4) is 0 Å². The third-order valence-electron chi connectivity index (χ3n) is 4.86. The quantitative estimate of drug-likeness (QED) is 0.887. The highest BCUT2D eigenvalue weighted by Gasteiger charge is 2.38. The second-order valence-electron chi connectivity index (χ2n) is 6.72. The molecule has 0 radical (unpaired) electrons. The highest BCUT2D eigenvalue weighted by molar-refractivity contribution is 8.14. The zero-order chi connectivity index (χ0) is 18.1. The highest BCUT2D eigenvalue weighted by atomic mass is 32.2. The second-order valence-corrected chi connectivity index (χ2v) is 7.98.